The Morgan fingerprint density at radius 1 is 0.417 bits per heavy atom. The first kappa shape index (κ1) is 74.3. The number of likely N-dealkylation sites (tertiary alicyclic amines) is 2. The molecule has 0 radical (unpaired) electrons. The first-order valence-corrected chi connectivity index (χ1v) is 39.3. The van der Waals surface area contributed by atoms with Gasteiger partial charge in [0.1, 0.15) is 31.8 Å². The highest BCUT2D eigenvalue weighted by Gasteiger charge is 2.33. The first-order valence-electron chi connectivity index (χ1n) is 37.9. The number of ether oxygens (including phenoxy) is 1. The second-order valence-corrected chi connectivity index (χ2v) is 32.9. The number of halogens is 2. The van der Waals surface area contributed by atoms with E-state index in [1.54, 1.807) is 4.90 Å². The van der Waals surface area contributed by atoms with Crippen molar-refractivity contribution in [3.8, 4) is 0 Å². The summed E-state index contributed by atoms with van der Waals surface area (Å²) in [5, 5.41) is 9.30. The molecule has 8 aromatic rings. The minimum atomic E-state index is -0.518. The van der Waals surface area contributed by atoms with Crippen molar-refractivity contribution < 1.29 is 28.7 Å². The summed E-state index contributed by atoms with van der Waals surface area (Å²) in [4.78, 5) is 82.9. The summed E-state index contributed by atoms with van der Waals surface area (Å²) in [5.41, 5.74) is 17.6. The van der Waals surface area contributed by atoms with Crippen molar-refractivity contribution in [2.75, 3.05) is 133 Å². The molecule has 12 heterocycles. The Hall–Kier alpha value is -6.99. The highest BCUT2D eigenvalue weighted by Crippen LogP contribution is 2.37. The molecule has 4 fully saturated rings. The largest absolute Gasteiger partial charge is 0.444 e. The summed E-state index contributed by atoms with van der Waals surface area (Å²) < 4.78 is 15.7. The fourth-order valence-electron chi connectivity index (χ4n) is 16.8. The topological polar surface area (TPSA) is 155 Å². The zero-order valence-corrected chi connectivity index (χ0v) is 65.4. The van der Waals surface area contributed by atoms with Crippen LogP contribution in [0.25, 0.3) is 43.6 Å². The van der Waals surface area contributed by atoms with Crippen LogP contribution in [0.2, 0.25) is 5.02 Å². The van der Waals surface area contributed by atoms with Crippen LogP contribution in [-0.2, 0) is 102 Å². The molecule has 0 bridgehead atoms. The van der Waals surface area contributed by atoms with Crippen LogP contribution in [0.1, 0.15) is 115 Å². The molecular weight excluding hydrogens is 1430 g/mol. The van der Waals surface area contributed by atoms with Gasteiger partial charge >= 0.3 is 6.09 Å². The fourth-order valence-corrected chi connectivity index (χ4v) is 17.4. The molecule has 552 valence electrons. The molecule has 22 heteroatoms. The number of carbonyl (C=O) groups excluding carboxylic acids is 5. The van der Waals surface area contributed by atoms with Gasteiger partial charge in [0.15, 0.2) is 0 Å². The van der Waals surface area contributed by atoms with E-state index in [-0.39, 0.29) is 29.7 Å². The molecule has 8 aliphatic heterocycles. The molecule has 0 spiro atoms. The minimum absolute atomic E-state index is 0.0809. The lowest BCUT2D eigenvalue weighted by molar-refractivity contribution is -0.134. The third-order valence-electron chi connectivity index (χ3n) is 22.4. The Kier molecular flexibility index (Phi) is 23.4. The van der Waals surface area contributed by atoms with Crippen LogP contribution in [0.4, 0.5) is 4.79 Å². The van der Waals surface area contributed by atoms with Gasteiger partial charge in [0.25, 0.3) is 0 Å². The number of piperidine rings is 2. The van der Waals surface area contributed by atoms with Crippen LogP contribution in [0.3, 0.4) is 0 Å². The quantitative estimate of drug-likeness (QED) is 0.145. The van der Waals surface area contributed by atoms with Gasteiger partial charge in [-0.2, -0.15) is 0 Å². The van der Waals surface area contributed by atoms with Gasteiger partial charge in [-0.15, -0.1) is 0 Å². The van der Waals surface area contributed by atoms with E-state index in [1.165, 1.54) is 105 Å². The van der Waals surface area contributed by atoms with Crippen LogP contribution in [0.15, 0.2) is 72.8 Å². The average molecular weight is 1540 g/mol. The van der Waals surface area contributed by atoms with E-state index in [1.807, 2.05) is 48.8 Å². The zero-order valence-electron chi connectivity index (χ0n) is 62.5. The summed E-state index contributed by atoms with van der Waals surface area (Å²) in [7, 11) is 8.60. The number of benzene rings is 4. The van der Waals surface area contributed by atoms with Gasteiger partial charge in [-0.3, -0.25) is 19.2 Å². The van der Waals surface area contributed by atoms with Crippen LogP contribution in [0, 0.1) is 17.4 Å². The zero-order chi connectivity index (χ0) is 72.4. The molecule has 4 aromatic heterocycles. The van der Waals surface area contributed by atoms with Crippen molar-refractivity contribution in [1.82, 2.24) is 67.7 Å². The van der Waals surface area contributed by atoms with Gasteiger partial charge < -0.3 is 72.4 Å². The monoisotopic (exact) mass is 1530 g/mol. The van der Waals surface area contributed by atoms with Crippen molar-refractivity contribution in [2.24, 2.45) is 0 Å². The predicted octanol–water partition coefficient (Wildman–Crippen LogP) is 10.9. The van der Waals surface area contributed by atoms with E-state index in [0.29, 0.717) is 57.4 Å². The van der Waals surface area contributed by atoms with Crippen molar-refractivity contribution in [1.29, 1.82) is 0 Å². The van der Waals surface area contributed by atoms with Crippen molar-refractivity contribution in [3.05, 3.63) is 138 Å². The summed E-state index contributed by atoms with van der Waals surface area (Å²) in [6, 6.07) is 25.8. The molecule has 1 N–H and O–H groups in total. The molecule has 0 saturated carbocycles. The number of aryl methyl sites for hydroxylation is 2. The minimum Gasteiger partial charge on any atom is -0.444 e. The lowest BCUT2D eigenvalue weighted by Gasteiger charge is -2.35. The molecule has 0 atom stereocenters. The van der Waals surface area contributed by atoms with E-state index in [2.05, 4.69) is 172 Å². The summed E-state index contributed by atoms with van der Waals surface area (Å²) in [5.74, 6) is 0.903. The summed E-state index contributed by atoms with van der Waals surface area (Å²) in [6.45, 7) is 28.9. The van der Waals surface area contributed by atoms with Crippen LogP contribution >= 0.6 is 34.2 Å². The number of hydrogen-bond acceptors (Lipinski definition) is 11. The standard InChI is InChI=1S/C23H31ClN4O3.C20H28N4O.C19H24IN3O.C19H25N3O/c1-23(2,3)31-22(30)27-11-9-26(10-12-27)21(29)15-28-19-6-5-16(24)13-17(19)18-14-25(4)8-7-20(18)28;1-15-4-5-18-16(12-15)17-13-22(3)7-6-19(17)24(18)14-20(25)23-10-8-21(2)9-11-23;1-21-10-7-18-16(12-21)15-11-14(20)5-6-17(15)23(18)13-19(24)22-8-3-2-4-9-22;1-14-5-6-17-15(11-14)16-12-20-8-7-18(16)22(17)13-19(23)21-9-3-2-4-10-21/h5-6,13H,7-12,14-15H2,1-4H3;4-5,12H,6-11,13-14H2,1-3H3;5-6,11H,2-4,7-10,12-13H2,1H3;5-6,11,20H,2-4,7-10,12-13H2,1H3. The Balaban J connectivity index is 0.000000123. The lowest BCUT2D eigenvalue weighted by Crippen LogP contribution is -2.52. The number of hydrogen-bond donors (Lipinski definition) is 1. The van der Waals surface area contributed by atoms with Gasteiger partial charge in [0.2, 0.25) is 23.6 Å². The second kappa shape index (κ2) is 32.4. The van der Waals surface area contributed by atoms with Gasteiger partial charge in [-0.05, 0) is 207 Å². The molecular formula is C81H108ClIN14O6. The molecule has 8 aliphatic rings. The third-order valence-corrected chi connectivity index (χ3v) is 23.3. The summed E-state index contributed by atoms with van der Waals surface area (Å²) >= 11 is 8.65. The molecule has 5 amide bonds. The number of amides is 5. The van der Waals surface area contributed by atoms with Crippen molar-refractivity contribution in [2.45, 2.75) is 157 Å². The molecule has 4 aromatic carbocycles. The number of nitrogens with zero attached hydrogens (tertiary/aromatic N) is 13. The van der Waals surface area contributed by atoms with E-state index < -0.39 is 5.60 Å². The predicted molar refractivity (Wildman–Crippen MR) is 420 cm³/mol. The van der Waals surface area contributed by atoms with E-state index in [0.717, 1.165) is 167 Å². The maximum atomic E-state index is 13.2. The van der Waals surface area contributed by atoms with E-state index in [4.69, 9.17) is 16.3 Å². The molecule has 16 rings (SSSR count). The Labute approximate surface area is 627 Å². The highest BCUT2D eigenvalue weighted by atomic mass is 127. The first-order chi connectivity index (χ1) is 49.5. The Bertz CT molecular complexity index is 4440. The van der Waals surface area contributed by atoms with Gasteiger partial charge in [0.05, 0.1) is 0 Å². The van der Waals surface area contributed by atoms with Crippen molar-refractivity contribution in [3.63, 3.8) is 0 Å². The normalized spacial score (nSPS) is 18.5. The smallest absolute Gasteiger partial charge is 0.410 e. The number of likely N-dealkylation sites (N-methyl/N-ethyl adjacent to an activating group) is 4. The highest BCUT2D eigenvalue weighted by molar-refractivity contribution is 14.1. The number of aromatic nitrogens is 4. The summed E-state index contributed by atoms with van der Waals surface area (Å²) in [6.07, 6.45) is 10.8. The van der Waals surface area contributed by atoms with Crippen LogP contribution in [-0.4, -0.2) is 231 Å². The van der Waals surface area contributed by atoms with E-state index in [9.17, 15) is 24.0 Å². The van der Waals surface area contributed by atoms with Crippen molar-refractivity contribution >= 4 is 108 Å². The number of rotatable bonds is 8. The maximum absolute atomic E-state index is 13.2. The molecule has 4 saturated heterocycles. The van der Waals surface area contributed by atoms with Crippen LogP contribution in [0.5, 0.6) is 0 Å². The number of fused-ring (bicyclic) bond motifs is 12. The average Bonchev–Trinajstić information content (AvgIpc) is 1.67. The fraction of sp³-hybridized carbons (Fsp3) is 0.543. The third kappa shape index (κ3) is 17.0. The molecule has 20 nitrogen and oxygen atoms in total. The van der Waals surface area contributed by atoms with Gasteiger partial charge in [0, 0.05) is 232 Å². The lowest BCUT2D eigenvalue weighted by atomic mass is 10.0. The number of piperazine rings is 2. The molecule has 103 heavy (non-hydrogen) atoms. The van der Waals surface area contributed by atoms with Gasteiger partial charge in [-0.25, -0.2) is 4.79 Å². The second-order valence-electron chi connectivity index (χ2n) is 31.2. The Morgan fingerprint density at radius 3 is 1.21 bits per heavy atom. The number of carbonyl (C=O) groups is 5. The maximum Gasteiger partial charge on any atom is 0.410 e. The Morgan fingerprint density at radius 2 is 0.777 bits per heavy atom. The van der Waals surface area contributed by atoms with Gasteiger partial charge in [-0.1, -0.05) is 34.9 Å². The van der Waals surface area contributed by atoms with Crippen LogP contribution < -0.4 is 5.32 Å². The molecule has 0 aliphatic carbocycles. The number of nitrogens with one attached hydrogen (secondary N) is 1. The molecule has 0 unspecified atom stereocenters. The SMILES string of the molecule is CN1CCc2c(c3cc(Cl)ccc3n2CC(=O)N2CCN(C(=O)OC(C)(C)C)CC2)C1.CN1CCc2c(c3cc(I)ccc3n2CC(=O)N2CCCCC2)C1.Cc1ccc2c(c1)c1c(n2CC(=O)N2CCCCC2)CCNC1.Cc1ccc2c(c1)c1c(n2CC(=O)N2CCN(C)CC2)CCN(C)C1. The van der Waals surface area contributed by atoms with E-state index >= 15 is 0 Å².